The Bertz CT molecular complexity index is 1150. The largest absolute Gasteiger partial charge is 0.494 e. The average molecular weight is 559 g/mol. The van der Waals surface area contributed by atoms with Crippen molar-refractivity contribution < 1.29 is 14.3 Å². The molecule has 0 aromatic heterocycles. The van der Waals surface area contributed by atoms with Gasteiger partial charge in [0.15, 0.2) is 0 Å². The standard InChI is InChI=1S/C25H20ClIN2O3/c1-2-31-22-10-8-21(9-11-22)29-25(30)19(15-28)13-18-5-12-24(23(27)14-18)32-16-17-3-6-20(26)7-4-17/h3-14H,2,16H2,1H3,(H,29,30)/b19-13-. The van der Waals surface area contributed by atoms with Crippen LogP contribution in [0.1, 0.15) is 18.1 Å². The van der Waals surface area contributed by atoms with E-state index in [-0.39, 0.29) is 5.57 Å². The number of ether oxygens (including phenoxy) is 2. The lowest BCUT2D eigenvalue weighted by atomic mass is 10.1. The number of halogens is 2. The van der Waals surface area contributed by atoms with E-state index in [1.807, 2.05) is 49.4 Å². The Balaban J connectivity index is 1.66. The number of nitrogens with one attached hydrogen (secondary N) is 1. The molecule has 0 radical (unpaired) electrons. The van der Waals surface area contributed by atoms with Crippen LogP contribution < -0.4 is 14.8 Å². The normalized spacial score (nSPS) is 10.9. The van der Waals surface area contributed by atoms with E-state index in [9.17, 15) is 10.1 Å². The van der Waals surface area contributed by atoms with Gasteiger partial charge in [0.1, 0.15) is 29.7 Å². The number of nitrogens with zero attached hydrogens (tertiary/aromatic N) is 1. The molecule has 0 atom stereocenters. The summed E-state index contributed by atoms with van der Waals surface area (Å²) in [4.78, 5) is 12.5. The van der Waals surface area contributed by atoms with Crippen molar-refractivity contribution in [3.8, 4) is 17.6 Å². The van der Waals surface area contributed by atoms with Crippen LogP contribution in [0, 0.1) is 14.9 Å². The average Bonchev–Trinajstić information content (AvgIpc) is 2.79. The van der Waals surface area contributed by atoms with Gasteiger partial charge < -0.3 is 14.8 Å². The van der Waals surface area contributed by atoms with Gasteiger partial charge in [-0.25, -0.2) is 0 Å². The first-order valence-corrected chi connectivity index (χ1v) is 11.3. The highest BCUT2D eigenvalue weighted by Gasteiger charge is 2.11. The SMILES string of the molecule is CCOc1ccc(NC(=O)/C(C#N)=C\c2ccc(OCc3ccc(Cl)cc3)c(I)c2)cc1. The molecule has 0 aliphatic rings. The molecular weight excluding hydrogens is 539 g/mol. The molecular formula is C25H20ClIN2O3. The molecule has 3 aromatic carbocycles. The molecule has 0 aliphatic heterocycles. The van der Waals surface area contributed by atoms with Crippen LogP contribution in [0.3, 0.4) is 0 Å². The Kier molecular flexibility index (Phi) is 8.54. The number of rotatable bonds is 8. The van der Waals surface area contributed by atoms with Gasteiger partial charge in [-0.3, -0.25) is 4.79 Å². The summed E-state index contributed by atoms with van der Waals surface area (Å²) in [6.07, 6.45) is 1.55. The van der Waals surface area contributed by atoms with Crippen molar-refractivity contribution in [3.05, 3.63) is 92.0 Å². The quantitative estimate of drug-likeness (QED) is 0.195. The van der Waals surface area contributed by atoms with E-state index in [1.54, 1.807) is 36.4 Å². The predicted octanol–water partition coefficient (Wildman–Crippen LogP) is 6.47. The summed E-state index contributed by atoms with van der Waals surface area (Å²) in [6, 6.07) is 21.9. The molecule has 1 N–H and O–H groups in total. The molecule has 0 unspecified atom stereocenters. The summed E-state index contributed by atoms with van der Waals surface area (Å²) in [6.45, 7) is 2.88. The van der Waals surface area contributed by atoms with Gasteiger partial charge in [0, 0.05) is 10.7 Å². The van der Waals surface area contributed by atoms with Gasteiger partial charge in [0.05, 0.1) is 10.2 Å². The van der Waals surface area contributed by atoms with Crippen LogP contribution in [0.5, 0.6) is 11.5 Å². The van der Waals surface area contributed by atoms with Crippen molar-refractivity contribution >= 4 is 51.9 Å². The van der Waals surface area contributed by atoms with Gasteiger partial charge in [-0.1, -0.05) is 29.8 Å². The van der Waals surface area contributed by atoms with Crippen LogP contribution in [0.25, 0.3) is 6.08 Å². The minimum absolute atomic E-state index is 0.00418. The molecule has 0 bridgehead atoms. The molecule has 0 heterocycles. The van der Waals surface area contributed by atoms with Crippen molar-refractivity contribution in [2.45, 2.75) is 13.5 Å². The highest BCUT2D eigenvalue weighted by Crippen LogP contribution is 2.25. The van der Waals surface area contributed by atoms with Gasteiger partial charge in [0.2, 0.25) is 0 Å². The lowest BCUT2D eigenvalue weighted by molar-refractivity contribution is -0.112. The summed E-state index contributed by atoms with van der Waals surface area (Å²) in [5, 5.41) is 12.9. The van der Waals surface area contributed by atoms with Crippen molar-refractivity contribution in [2.24, 2.45) is 0 Å². The second kappa shape index (κ2) is 11.6. The summed E-state index contributed by atoms with van der Waals surface area (Å²) in [5.41, 5.74) is 2.32. The van der Waals surface area contributed by atoms with Gasteiger partial charge in [0.25, 0.3) is 5.91 Å². The van der Waals surface area contributed by atoms with Gasteiger partial charge in [-0.15, -0.1) is 0 Å². The highest BCUT2D eigenvalue weighted by atomic mass is 127. The molecule has 0 fully saturated rings. The van der Waals surface area contributed by atoms with E-state index in [2.05, 4.69) is 27.9 Å². The Morgan fingerprint density at radius 2 is 1.81 bits per heavy atom. The third-order valence-electron chi connectivity index (χ3n) is 4.36. The maximum absolute atomic E-state index is 12.5. The van der Waals surface area contributed by atoms with Crippen LogP contribution in [-0.4, -0.2) is 12.5 Å². The van der Waals surface area contributed by atoms with Crippen molar-refractivity contribution in [1.29, 1.82) is 5.26 Å². The van der Waals surface area contributed by atoms with Crippen molar-refractivity contribution in [3.63, 3.8) is 0 Å². The van der Waals surface area contributed by atoms with Gasteiger partial charge in [-0.05, 0) is 95.2 Å². The van der Waals surface area contributed by atoms with E-state index >= 15 is 0 Å². The molecule has 162 valence electrons. The van der Waals surface area contributed by atoms with E-state index in [1.165, 1.54) is 0 Å². The molecule has 32 heavy (non-hydrogen) atoms. The Morgan fingerprint density at radius 1 is 1.09 bits per heavy atom. The van der Waals surface area contributed by atoms with Gasteiger partial charge >= 0.3 is 0 Å². The number of carbonyl (C=O) groups excluding carboxylic acids is 1. The maximum Gasteiger partial charge on any atom is 0.266 e. The second-order valence-corrected chi connectivity index (χ2v) is 8.28. The molecule has 3 rings (SSSR count). The number of hydrogen-bond donors (Lipinski definition) is 1. The van der Waals surface area contributed by atoms with E-state index in [0.717, 1.165) is 26.2 Å². The van der Waals surface area contributed by atoms with Crippen LogP contribution in [0.15, 0.2) is 72.3 Å². The summed E-state index contributed by atoms with van der Waals surface area (Å²) in [5.74, 6) is 0.958. The molecule has 0 spiro atoms. The fraction of sp³-hybridized carbons (Fsp3) is 0.120. The van der Waals surface area contributed by atoms with Crippen LogP contribution in [0.2, 0.25) is 5.02 Å². The molecule has 0 aliphatic carbocycles. The Morgan fingerprint density at radius 3 is 2.44 bits per heavy atom. The molecule has 5 nitrogen and oxygen atoms in total. The minimum Gasteiger partial charge on any atom is -0.494 e. The zero-order chi connectivity index (χ0) is 22.9. The van der Waals surface area contributed by atoms with Crippen LogP contribution in [-0.2, 0) is 11.4 Å². The summed E-state index contributed by atoms with van der Waals surface area (Å²) in [7, 11) is 0. The second-order valence-electron chi connectivity index (χ2n) is 6.69. The predicted molar refractivity (Wildman–Crippen MR) is 135 cm³/mol. The molecule has 0 saturated carbocycles. The zero-order valence-corrected chi connectivity index (χ0v) is 20.2. The maximum atomic E-state index is 12.5. The van der Waals surface area contributed by atoms with E-state index in [0.29, 0.717) is 23.9 Å². The summed E-state index contributed by atoms with van der Waals surface area (Å²) < 4.78 is 12.1. The number of hydrogen-bond acceptors (Lipinski definition) is 4. The fourth-order valence-electron chi connectivity index (χ4n) is 2.78. The molecule has 3 aromatic rings. The Labute approximate surface area is 205 Å². The first-order valence-electron chi connectivity index (χ1n) is 9.81. The highest BCUT2D eigenvalue weighted by molar-refractivity contribution is 14.1. The molecule has 0 saturated heterocycles. The number of benzene rings is 3. The number of nitriles is 1. The van der Waals surface area contributed by atoms with E-state index < -0.39 is 5.91 Å². The smallest absolute Gasteiger partial charge is 0.266 e. The third-order valence-corrected chi connectivity index (χ3v) is 5.46. The number of anilines is 1. The Hall–Kier alpha value is -3.02. The number of carbonyl (C=O) groups is 1. The third kappa shape index (κ3) is 6.74. The molecule has 7 heteroatoms. The summed E-state index contributed by atoms with van der Waals surface area (Å²) >= 11 is 8.07. The lowest BCUT2D eigenvalue weighted by Gasteiger charge is -2.10. The van der Waals surface area contributed by atoms with Crippen LogP contribution in [0.4, 0.5) is 5.69 Å². The topological polar surface area (TPSA) is 71.3 Å². The first kappa shape index (κ1) is 23.6. The van der Waals surface area contributed by atoms with Crippen LogP contribution >= 0.6 is 34.2 Å². The monoisotopic (exact) mass is 558 g/mol. The van der Waals surface area contributed by atoms with E-state index in [4.69, 9.17) is 21.1 Å². The first-order chi connectivity index (χ1) is 15.5. The van der Waals surface area contributed by atoms with Crippen molar-refractivity contribution in [2.75, 3.05) is 11.9 Å². The lowest BCUT2D eigenvalue weighted by Crippen LogP contribution is -2.13. The zero-order valence-electron chi connectivity index (χ0n) is 17.3. The van der Waals surface area contributed by atoms with Gasteiger partial charge in [-0.2, -0.15) is 5.26 Å². The fourth-order valence-corrected chi connectivity index (χ4v) is 3.60. The molecule has 1 amide bonds. The van der Waals surface area contributed by atoms with Crippen molar-refractivity contribution in [1.82, 2.24) is 0 Å². The minimum atomic E-state index is -0.477. The number of amides is 1.